The fourth-order valence-corrected chi connectivity index (χ4v) is 2.66. The van der Waals surface area contributed by atoms with Crippen LogP contribution in [-0.4, -0.2) is 28.9 Å². The Balaban J connectivity index is 1.77. The number of nitrogens with one attached hydrogen (secondary N) is 2. The summed E-state index contributed by atoms with van der Waals surface area (Å²) in [6.45, 7) is 6.38. The van der Waals surface area contributed by atoms with Gasteiger partial charge >= 0.3 is 0 Å². The van der Waals surface area contributed by atoms with Crippen molar-refractivity contribution in [3.05, 3.63) is 70.5 Å². The Labute approximate surface area is 169 Å². The molecule has 0 radical (unpaired) electrons. The molecule has 7 heteroatoms. The lowest BCUT2D eigenvalue weighted by atomic mass is 10.1. The van der Waals surface area contributed by atoms with Crippen LogP contribution in [0.3, 0.4) is 0 Å². The molecule has 0 aliphatic heterocycles. The van der Waals surface area contributed by atoms with E-state index in [9.17, 15) is 4.79 Å². The number of rotatable bonds is 8. The van der Waals surface area contributed by atoms with E-state index < -0.39 is 0 Å². The Bertz CT molecular complexity index is 1030. The van der Waals surface area contributed by atoms with E-state index in [1.54, 1.807) is 6.21 Å². The molecule has 0 spiro atoms. The molecule has 0 saturated carbocycles. The monoisotopic (exact) mass is 392 g/mol. The van der Waals surface area contributed by atoms with Gasteiger partial charge in [-0.3, -0.25) is 9.78 Å². The zero-order valence-electron chi connectivity index (χ0n) is 16.7. The van der Waals surface area contributed by atoms with E-state index in [1.807, 2.05) is 69.3 Å². The highest BCUT2D eigenvalue weighted by Gasteiger charge is 2.08. The average Bonchev–Trinajstić information content (AvgIpc) is 2.70. The molecule has 2 N–H and O–H groups in total. The first kappa shape index (κ1) is 20.1. The Morgan fingerprint density at radius 1 is 1.14 bits per heavy atom. The van der Waals surface area contributed by atoms with Gasteiger partial charge < -0.3 is 9.47 Å². The molecule has 0 aliphatic rings. The van der Waals surface area contributed by atoms with Gasteiger partial charge in [-0.2, -0.15) is 5.10 Å². The number of aromatic amines is 1. The number of H-pyrrole nitrogens is 1. The SMILES string of the molecule is CCOc1cc(/C=N/Nc2nc(-c3ccccc3)cc(=O)[nH]2)ccc1OC(C)C. The topological polar surface area (TPSA) is 88.6 Å². The zero-order valence-corrected chi connectivity index (χ0v) is 16.7. The quantitative estimate of drug-likeness (QED) is 0.446. The number of aromatic nitrogens is 2. The number of ether oxygens (including phenoxy) is 2. The van der Waals surface area contributed by atoms with E-state index >= 15 is 0 Å². The second-order valence-corrected chi connectivity index (χ2v) is 6.52. The second-order valence-electron chi connectivity index (χ2n) is 6.52. The van der Waals surface area contributed by atoms with Crippen LogP contribution < -0.4 is 20.5 Å². The van der Waals surface area contributed by atoms with Crippen molar-refractivity contribution in [2.75, 3.05) is 12.0 Å². The molecule has 3 aromatic rings. The highest BCUT2D eigenvalue weighted by atomic mass is 16.5. The van der Waals surface area contributed by atoms with E-state index in [1.165, 1.54) is 6.07 Å². The number of hydrogen-bond acceptors (Lipinski definition) is 6. The zero-order chi connectivity index (χ0) is 20.6. The van der Waals surface area contributed by atoms with Crippen LogP contribution in [0.4, 0.5) is 5.95 Å². The normalized spacial score (nSPS) is 11.0. The van der Waals surface area contributed by atoms with Crippen LogP contribution in [-0.2, 0) is 0 Å². The van der Waals surface area contributed by atoms with Crippen molar-refractivity contribution in [3.63, 3.8) is 0 Å². The van der Waals surface area contributed by atoms with Crippen LogP contribution in [0.2, 0.25) is 0 Å². The van der Waals surface area contributed by atoms with Crippen LogP contribution in [0.15, 0.2) is 64.5 Å². The second kappa shape index (κ2) is 9.54. The van der Waals surface area contributed by atoms with Gasteiger partial charge in [-0.1, -0.05) is 30.3 Å². The number of anilines is 1. The molecule has 0 unspecified atom stereocenters. The van der Waals surface area contributed by atoms with Crippen LogP contribution in [0.1, 0.15) is 26.3 Å². The maximum Gasteiger partial charge on any atom is 0.252 e. The summed E-state index contributed by atoms with van der Waals surface area (Å²) in [5, 5.41) is 4.18. The Morgan fingerprint density at radius 2 is 1.93 bits per heavy atom. The molecule has 2 aromatic carbocycles. The summed E-state index contributed by atoms with van der Waals surface area (Å²) in [7, 11) is 0. The van der Waals surface area contributed by atoms with Crippen LogP contribution >= 0.6 is 0 Å². The number of hydrogen-bond donors (Lipinski definition) is 2. The minimum Gasteiger partial charge on any atom is -0.490 e. The third-order valence-corrected chi connectivity index (χ3v) is 3.83. The summed E-state index contributed by atoms with van der Waals surface area (Å²) in [6.07, 6.45) is 1.67. The highest BCUT2D eigenvalue weighted by Crippen LogP contribution is 2.29. The number of nitrogens with zero attached hydrogens (tertiary/aromatic N) is 2. The molecule has 0 atom stereocenters. The molecule has 7 nitrogen and oxygen atoms in total. The van der Waals surface area contributed by atoms with Gasteiger partial charge in [-0.25, -0.2) is 10.4 Å². The van der Waals surface area contributed by atoms with Crippen molar-refractivity contribution < 1.29 is 9.47 Å². The molecular formula is C22H24N4O3. The Morgan fingerprint density at radius 3 is 2.66 bits per heavy atom. The molecule has 0 bridgehead atoms. The largest absolute Gasteiger partial charge is 0.490 e. The van der Waals surface area contributed by atoms with Crippen molar-refractivity contribution in [2.45, 2.75) is 26.9 Å². The summed E-state index contributed by atoms with van der Waals surface area (Å²) >= 11 is 0. The van der Waals surface area contributed by atoms with Gasteiger partial charge in [0, 0.05) is 11.6 Å². The summed E-state index contributed by atoms with van der Waals surface area (Å²) in [5.41, 5.74) is 4.76. The molecule has 0 fully saturated rings. The highest BCUT2D eigenvalue weighted by molar-refractivity contribution is 5.81. The maximum absolute atomic E-state index is 11.9. The number of benzene rings is 2. The molecular weight excluding hydrogens is 368 g/mol. The van der Waals surface area contributed by atoms with Gasteiger partial charge in [-0.15, -0.1) is 0 Å². The molecule has 0 amide bonds. The molecule has 3 rings (SSSR count). The summed E-state index contributed by atoms with van der Waals surface area (Å²) in [4.78, 5) is 19.0. The maximum atomic E-state index is 11.9. The van der Waals surface area contributed by atoms with E-state index in [-0.39, 0.29) is 17.6 Å². The lowest BCUT2D eigenvalue weighted by Gasteiger charge is -2.14. The molecule has 0 aliphatic carbocycles. The van der Waals surface area contributed by atoms with Gasteiger partial charge in [0.25, 0.3) is 5.56 Å². The van der Waals surface area contributed by atoms with Crippen molar-refractivity contribution in [3.8, 4) is 22.8 Å². The first-order chi connectivity index (χ1) is 14.0. The van der Waals surface area contributed by atoms with E-state index in [4.69, 9.17) is 9.47 Å². The Hall–Kier alpha value is -3.61. The molecule has 0 saturated heterocycles. The molecule has 150 valence electrons. The summed E-state index contributed by atoms with van der Waals surface area (Å²) in [5.74, 6) is 1.61. The fraction of sp³-hybridized carbons (Fsp3) is 0.227. The smallest absolute Gasteiger partial charge is 0.252 e. The van der Waals surface area contributed by atoms with Gasteiger partial charge in [0.05, 0.1) is 24.6 Å². The molecule has 29 heavy (non-hydrogen) atoms. The van der Waals surface area contributed by atoms with Crippen LogP contribution in [0, 0.1) is 0 Å². The van der Waals surface area contributed by atoms with Gasteiger partial charge in [-0.05, 0) is 44.5 Å². The lowest BCUT2D eigenvalue weighted by molar-refractivity contribution is 0.224. The predicted octanol–water partition coefficient (Wildman–Crippen LogP) is 4.07. The average molecular weight is 392 g/mol. The van der Waals surface area contributed by atoms with E-state index in [0.717, 1.165) is 11.1 Å². The summed E-state index contributed by atoms with van der Waals surface area (Å²) in [6, 6.07) is 16.5. The van der Waals surface area contributed by atoms with Crippen LogP contribution in [0.25, 0.3) is 11.3 Å². The fourth-order valence-electron chi connectivity index (χ4n) is 2.66. The minimum absolute atomic E-state index is 0.0511. The van der Waals surface area contributed by atoms with Gasteiger partial charge in [0.2, 0.25) is 5.95 Å². The third-order valence-electron chi connectivity index (χ3n) is 3.83. The number of hydrazone groups is 1. The molecule has 1 aromatic heterocycles. The summed E-state index contributed by atoms with van der Waals surface area (Å²) < 4.78 is 11.4. The first-order valence-corrected chi connectivity index (χ1v) is 9.44. The van der Waals surface area contributed by atoms with Gasteiger partial charge in [0.1, 0.15) is 0 Å². The Kier molecular flexibility index (Phi) is 6.63. The van der Waals surface area contributed by atoms with Crippen molar-refractivity contribution in [2.24, 2.45) is 5.10 Å². The van der Waals surface area contributed by atoms with E-state index in [2.05, 4.69) is 20.5 Å². The standard InChI is InChI=1S/C22H24N4O3/c1-4-28-20-12-16(10-11-19(20)29-15(2)3)14-23-26-22-24-18(13-21(27)25-22)17-8-6-5-7-9-17/h5-15H,4H2,1-3H3,(H2,24,25,26,27)/b23-14+. The third kappa shape index (κ3) is 5.68. The van der Waals surface area contributed by atoms with Crippen molar-refractivity contribution >= 4 is 12.2 Å². The van der Waals surface area contributed by atoms with Crippen LogP contribution in [0.5, 0.6) is 11.5 Å². The van der Waals surface area contributed by atoms with E-state index in [0.29, 0.717) is 23.8 Å². The molecule has 1 heterocycles. The lowest BCUT2D eigenvalue weighted by Crippen LogP contribution is -2.10. The first-order valence-electron chi connectivity index (χ1n) is 9.44. The van der Waals surface area contributed by atoms with Crippen molar-refractivity contribution in [1.82, 2.24) is 9.97 Å². The predicted molar refractivity (Wildman–Crippen MR) is 115 cm³/mol. The van der Waals surface area contributed by atoms with Gasteiger partial charge in [0.15, 0.2) is 11.5 Å². The van der Waals surface area contributed by atoms with Crippen molar-refractivity contribution in [1.29, 1.82) is 0 Å². The minimum atomic E-state index is -0.259.